The van der Waals surface area contributed by atoms with Gasteiger partial charge in [0.2, 0.25) is 0 Å². The predicted molar refractivity (Wildman–Crippen MR) is 88.6 cm³/mol. The fraction of sp³-hybridized carbons (Fsp3) is 0.235. The van der Waals surface area contributed by atoms with Crippen LogP contribution in [0, 0.1) is 3.57 Å². The number of carbonyl (C=O) groups is 1. The zero-order valence-electron chi connectivity index (χ0n) is 11.1. The maximum absolute atomic E-state index is 12.8. The highest BCUT2D eigenvalue weighted by molar-refractivity contribution is 14.1. The Kier molecular flexibility index (Phi) is 4.05. The number of hydrogen-bond acceptors (Lipinski definition) is 1. The molecular formula is C17H16INO. The lowest BCUT2D eigenvalue weighted by atomic mass is 10.0. The van der Waals surface area contributed by atoms with Gasteiger partial charge in [-0.05, 0) is 53.1 Å². The van der Waals surface area contributed by atoms with E-state index >= 15 is 0 Å². The van der Waals surface area contributed by atoms with Crippen LogP contribution in [0.25, 0.3) is 0 Å². The van der Waals surface area contributed by atoms with Crippen LogP contribution in [0.1, 0.15) is 34.8 Å². The summed E-state index contributed by atoms with van der Waals surface area (Å²) in [5.74, 6) is 0.154. The van der Waals surface area contributed by atoms with E-state index in [1.54, 1.807) is 0 Å². The molecule has 1 aliphatic heterocycles. The summed E-state index contributed by atoms with van der Waals surface area (Å²) in [5.41, 5.74) is 2.06. The van der Waals surface area contributed by atoms with Gasteiger partial charge in [0.1, 0.15) is 0 Å². The van der Waals surface area contributed by atoms with Gasteiger partial charge in [0.05, 0.1) is 11.6 Å². The molecule has 0 bridgehead atoms. The lowest BCUT2D eigenvalue weighted by Crippen LogP contribution is -2.31. The number of likely N-dealkylation sites (tertiary alicyclic amines) is 1. The third kappa shape index (κ3) is 2.59. The minimum atomic E-state index is 0.154. The van der Waals surface area contributed by atoms with Crippen molar-refractivity contribution in [3.05, 3.63) is 69.3 Å². The topological polar surface area (TPSA) is 20.3 Å². The molecule has 2 nitrogen and oxygen atoms in total. The third-order valence-electron chi connectivity index (χ3n) is 3.80. The molecule has 0 radical (unpaired) electrons. The van der Waals surface area contributed by atoms with E-state index in [-0.39, 0.29) is 11.9 Å². The molecule has 1 atom stereocenters. The monoisotopic (exact) mass is 377 g/mol. The Morgan fingerprint density at radius 2 is 1.75 bits per heavy atom. The number of nitrogens with zero attached hydrogens (tertiary/aromatic N) is 1. The Morgan fingerprint density at radius 1 is 1.05 bits per heavy atom. The number of carbonyl (C=O) groups excluding carboxylic acids is 1. The maximum Gasteiger partial charge on any atom is 0.255 e. The quantitative estimate of drug-likeness (QED) is 0.716. The van der Waals surface area contributed by atoms with Crippen LogP contribution in [0.2, 0.25) is 0 Å². The largest absolute Gasteiger partial charge is 0.332 e. The van der Waals surface area contributed by atoms with Crippen molar-refractivity contribution in [2.24, 2.45) is 0 Å². The van der Waals surface area contributed by atoms with Crippen molar-refractivity contribution in [3.8, 4) is 0 Å². The predicted octanol–water partition coefficient (Wildman–Crippen LogP) is 4.27. The molecule has 0 spiro atoms. The van der Waals surface area contributed by atoms with Crippen LogP contribution in [-0.4, -0.2) is 17.4 Å². The van der Waals surface area contributed by atoms with Crippen LogP contribution in [0.5, 0.6) is 0 Å². The second-order valence-electron chi connectivity index (χ2n) is 5.05. The summed E-state index contributed by atoms with van der Waals surface area (Å²) in [6, 6.07) is 18.4. The molecule has 3 heteroatoms. The average molecular weight is 377 g/mol. The van der Waals surface area contributed by atoms with Gasteiger partial charge < -0.3 is 4.90 Å². The lowest BCUT2D eigenvalue weighted by molar-refractivity contribution is 0.0734. The summed E-state index contributed by atoms with van der Waals surface area (Å²) >= 11 is 2.24. The second-order valence-corrected chi connectivity index (χ2v) is 6.21. The highest BCUT2D eigenvalue weighted by Crippen LogP contribution is 2.33. The summed E-state index contributed by atoms with van der Waals surface area (Å²) in [6.45, 7) is 0.851. The van der Waals surface area contributed by atoms with Gasteiger partial charge in [-0.25, -0.2) is 0 Å². The third-order valence-corrected chi connectivity index (χ3v) is 4.74. The molecule has 0 unspecified atom stereocenters. The van der Waals surface area contributed by atoms with Crippen molar-refractivity contribution in [3.63, 3.8) is 0 Å². The number of amides is 1. The highest BCUT2D eigenvalue weighted by Gasteiger charge is 2.30. The molecular weight excluding hydrogens is 361 g/mol. The van der Waals surface area contributed by atoms with E-state index in [0.717, 1.165) is 28.5 Å². The first-order valence-corrected chi connectivity index (χ1v) is 7.95. The van der Waals surface area contributed by atoms with Crippen molar-refractivity contribution in [2.75, 3.05) is 6.54 Å². The minimum absolute atomic E-state index is 0.154. The van der Waals surface area contributed by atoms with Crippen molar-refractivity contribution < 1.29 is 4.79 Å². The number of rotatable bonds is 2. The lowest BCUT2D eigenvalue weighted by Gasteiger charge is -2.25. The van der Waals surface area contributed by atoms with Gasteiger partial charge in [0, 0.05) is 10.1 Å². The van der Waals surface area contributed by atoms with Crippen molar-refractivity contribution in [1.29, 1.82) is 0 Å². The van der Waals surface area contributed by atoms with Crippen LogP contribution < -0.4 is 0 Å². The van der Waals surface area contributed by atoms with Gasteiger partial charge in [-0.2, -0.15) is 0 Å². The average Bonchev–Trinajstić information content (AvgIpc) is 2.97. The molecule has 3 rings (SSSR count). The summed E-state index contributed by atoms with van der Waals surface area (Å²) in [6.07, 6.45) is 2.13. The number of halogens is 1. The van der Waals surface area contributed by atoms with E-state index in [2.05, 4.69) is 34.7 Å². The number of benzene rings is 2. The molecule has 0 N–H and O–H groups in total. The van der Waals surface area contributed by atoms with Crippen molar-refractivity contribution >= 4 is 28.5 Å². The van der Waals surface area contributed by atoms with Crippen LogP contribution in [-0.2, 0) is 0 Å². The van der Waals surface area contributed by atoms with E-state index in [1.165, 1.54) is 5.56 Å². The first-order valence-electron chi connectivity index (χ1n) is 6.88. The normalized spacial score (nSPS) is 18.2. The summed E-state index contributed by atoms with van der Waals surface area (Å²) in [5, 5.41) is 0. The zero-order valence-corrected chi connectivity index (χ0v) is 13.3. The Bertz CT molecular complexity index is 611. The Balaban J connectivity index is 1.90. The van der Waals surface area contributed by atoms with Crippen LogP contribution in [0.4, 0.5) is 0 Å². The Labute approximate surface area is 132 Å². The molecule has 2 aromatic carbocycles. The van der Waals surface area contributed by atoms with Crippen LogP contribution >= 0.6 is 22.6 Å². The molecule has 1 heterocycles. The molecule has 0 aromatic heterocycles. The zero-order chi connectivity index (χ0) is 13.9. The molecule has 1 saturated heterocycles. The van der Waals surface area contributed by atoms with Crippen molar-refractivity contribution in [1.82, 2.24) is 4.90 Å². The first-order chi connectivity index (χ1) is 9.77. The first kappa shape index (κ1) is 13.6. The molecule has 102 valence electrons. The van der Waals surface area contributed by atoms with E-state index in [1.807, 2.05) is 47.4 Å². The maximum atomic E-state index is 12.8. The fourth-order valence-corrected chi connectivity index (χ4v) is 3.44. The second kappa shape index (κ2) is 5.95. The molecule has 1 aliphatic rings. The minimum Gasteiger partial charge on any atom is -0.332 e. The standard InChI is InChI=1S/C17H16INO/c18-15-10-5-4-9-14(15)17(20)19-12-6-11-16(19)13-7-2-1-3-8-13/h1-5,7-10,16H,6,11-12H2/t16-/m0/s1. The molecule has 2 aromatic rings. The smallest absolute Gasteiger partial charge is 0.255 e. The Hall–Kier alpha value is -1.36. The summed E-state index contributed by atoms with van der Waals surface area (Å²) < 4.78 is 1.02. The molecule has 1 amide bonds. The molecule has 1 fully saturated rings. The van der Waals surface area contributed by atoms with E-state index < -0.39 is 0 Å². The van der Waals surface area contributed by atoms with Crippen molar-refractivity contribution in [2.45, 2.75) is 18.9 Å². The molecule has 0 saturated carbocycles. The van der Waals surface area contributed by atoms with Gasteiger partial charge in [-0.15, -0.1) is 0 Å². The van der Waals surface area contributed by atoms with Gasteiger partial charge in [-0.1, -0.05) is 42.5 Å². The number of hydrogen-bond donors (Lipinski definition) is 0. The summed E-state index contributed by atoms with van der Waals surface area (Å²) in [7, 11) is 0. The van der Waals surface area contributed by atoms with E-state index in [9.17, 15) is 4.79 Å². The van der Waals surface area contributed by atoms with Gasteiger partial charge in [0.25, 0.3) is 5.91 Å². The van der Waals surface area contributed by atoms with Gasteiger partial charge >= 0.3 is 0 Å². The fourth-order valence-electron chi connectivity index (χ4n) is 2.82. The van der Waals surface area contributed by atoms with Crippen LogP contribution in [0.15, 0.2) is 54.6 Å². The van der Waals surface area contributed by atoms with E-state index in [0.29, 0.717) is 0 Å². The summed E-state index contributed by atoms with van der Waals surface area (Å²) in [4.78, 5) is 14.8. The highest BCUT2D eigenvalue weighted by atomic mass is 127. The molecule has 20 heavy (non-hydrogen) atoms. The molecule has 0 aliphatic carbocycles. The van der Waals surface area contributed by atoms with Gasteiger partial charge in [-0.3, -0.25) is 4.79 Å². The Morgan fingerprint density at radius 3 is 2.50 bits per heavy atom. The van der Waals surface area contributed by atoms with Crippen LogP contribution in [0.3, 0.4) is 0 Å². The van der Waals surface area contributed by atoms with E-state index in [4.69, 9.17) is 0 Å². The SMILES string of the molecule is O=C(c1ccccc1I)N1CCC[C@H]1c1ccccc1. The van der Waals surface area contributed by atoms with Gasteiger partial charge in [0.15, 0.2) is 0 Å².